The number of benzene rings is 2. The highest BCUT2D eigenvalue weighted by molar-refractivity contribution is 7.90. The summed E-state index contributed by atoms with van der Waals surface area (Å²) in [6.45, 7) is 1.04. The van der Waals surface area contributed by atoms with E-state index in [0.29, 0.717) is 34.0 Å². The summed E-state index contributed by atoms with van der Waals surface area (Å²) in [5.74, 6) is -0.206. The third kappa shape index (κ3) is 4.85. The van der Waals surface area contributed by atoms with E-state index in [4.69, 9.17) is 0 Å². The number of carbonyl (C=O) groups is 1. The first-order valence-electron chi connectivity index (χ1n) is 10.1. The number of fused-ring (bicyclic) bond motifs is 1. The fourth-order valence-electron chi connectivity index (χ4n) is 3.54. The molecule has 3 aromatic rings. The number of thiazole rings is 1. The number of rotatable bonds is 7. The summed E-state index contributed by atoms with van der Waals surface area (Å²) in [4.78, 5) is 17.3. The molecule has 2 heterocycles. The highest BCUT2D eigenvalue weighted by Gasteiger charge is 2.26. The Labute approximate surface area is 191 Å². The van der Waals surface area contributed by atoms with Crippen LogP contribution in [0, 0.1) is 0 Å². The van der Waals surface area contributed by atoms with Crippen LogP contribution >= 0.6 is 11.3 Å². The Morgan fingerprint density at radius 3 is 2.31 bits per heavy atom. The maximum atomic E-state index is 12.7. The Kier molecular flexibility index (Phi) is 6.35. The average Bonchev–Trinajstić information content (AvgIpc) is 3.20. The lowest BCUT2D eigenvalue weighted by Gasteiger charge is -2.25. The van der Waals surface area contributed by atoms with Crippen LogP contribution in [0.15, 0.2) is 52.3 Å². The standard InChI is InChI=1S/C21H23N3O5S3/c1-31(26,27)17-9-10-18-20(13-17)30-21(23-18)22-14-19(25)15-5-7-16(8-6-15)32(28,29)24-11-3-2-4-12-24/h5-10,13H,2-4,11-12,14H2,1H3,(H,22,23). The van der Waals surface area contributed by atoms with Crippen LogP contribution in [-0.2, 0) is 19.9 Å². The van der Waals surface area contributed by atoms with Crippen molar-refractivity contribution in [3.05, 3.63) is 48.0 Å². The molecular weight excluding hydrogens is 470 g/mol. The van der Waals surface area contributed by atoms with Crippen molar-refractivity contribution in [3.8, 4) is 0 Å². The van der Waals surface area contributed by atoms with Crippen molar-refractivity contribution in [1.82, 2.24) is 9.29 Å². The highest BCUT2D eigenvalue weighted by Crippen LogP contribution is 2.28. The van der Waals surface area contributed by atoms with Crippen LogP contribution in [0.4, 0.5) is 5.13 Å². The predicted octanol–water partition coefficient (Wildman–Crippen LogP) is 3.17. The van der Waals surface area contributed by atoms with Crippen molar-refractivity contribution >= 4 is 52.3 Å². The number of ketones is 1. The molecule has 1 aliphatic heterocycles. The van der Waals surface area contributed by atoms with E-state index in [1.165, 1.54) is 46.0 Å². The molecule has 0 amide bonds. The summed E-state index contributed by atoms with van der Waals surface area (Å²) in [5, 5.41) is 3.47. The van der Waals surface area contributed by atoms with Gasteiger partial charge in [0.25, 0.3) is 0 Å². The van der Waals surface area contributed by atoms with Gasteiger partial charge in [-0.25, -0.2) is 21.8 Å². The normalized spacial score (nSPS) is 15.7. The summed E-state index contributed by atoms with van der Waals surface area (Å²) < 4.78 is 51.1. The molecule has 11 heteroatoms. The molecule has 1 fully saturated rings. The summed E-state index contributed by atoms with van der Waals surface area (Å²) in [7, 11) is -6.84. The number of hydrogen-bond donors (Lipinski definition) is 1. The van der Waals surface area contributed by atoms with Gasteiger partial charge in [-0.3, -0.25) is 4.79 Å². The van der Waals surface area contributed by atoms with E-state index >= 15 is 0 Å². The maximum absolute atomic E-state index is 12.7. The predicted molar refractivity (Wildman–Crippen MR) is 125 cm³/mol. The fraction of sp³-hybridized carbons (Fsp3) is 0.333. The number of piperidine rings is 1. The first-order chi connectivity index (χ1) is 15.1. The second kappa shape index (κ2) is 8.89. The van der Waals surface area contributed by atoms with Gasteiger partial charge in [0.2, 0.25) is 10.0 Å². The minimum atomic E-state index is -3.53. The Morgan fingerprint density at radius 1 is 1.00 bits per heavy atom. The molecule has 1 saturated heterocycles. The molecule has 0 bridgehead atoms. The van der Waals surface area contributed by atoms with Gasteiger partial charge in [0.15, 0.2) is 20.8 Å². The van der Waals surface area contributed by atoms with E-state index in [1.54, 1.807) is 12.1 Å². The summed E-state index contributed by atoms with van der Waals surface area (Å²) in [6.07, 6.45) is 3.92. The van der Waals surface area contributed by atoms with Crippen LogP contribution in [0.2, 0.25) is 0 Å². The van der Waals surface area contributed by atoms with Crippen LogP contribution in [0.1, 0.15) is 29.6 Å². The Morgan fingerprint density at radius 2 is 1.66 bits per heavy atom. The Bertz CT molecular complexity index is 1360. The minimum Gasteiger partial charge on any atom is -0.354 e. The molecule has 4 rings (SSSR count). The van der Waals surface area contributed by atoms with Crippen LogP contribution < -0.4 is 5.32 Å². The lowest BCUT2D eigenvalue weighted by atomic mass is 10.1. The zero-order chi connectivity index (χ0) is 22.9. The first-order valence-corrected chi connectivity index (χ1v) is 14.3. The highest BCUT2D eigenvalue weighted by atomic mass is 32.2. The van der Waals surface area contributed by atoms with Crippen LogP contribution in [0.25, 0.3) is 10.2 Å². The molecule has 0 unspecified atom stereocenters. The van der Waals surface area contributed by atoms with Gasteiger partial charge < -0.3 is 5.32 Å². The topological polar surface area (TPSA) is 114 Å². The Balaban J connectivity index is 1.43. The van der Waals surface area contributed by atoms with Crippen LogP contribution in [0.3, 0.4) is 0 Å². The molecule has 0 aliphatic carbocycles. The zero-order valence-corrected chi connectivity index (χ0v) is 19.9. The van der Waals surface area contributed by atoms with Gasteiger partial charge in [0.05, 0.1) is 26.6 Å². The molecule has 32 heavy (non-hydrogen) atoms. The van der Waals surface area contributed by atoms with E-state index in [-0.39, 0.29) is 22.1 Å². The van der Waals surface area contributed by atoms with Crippen molar-refractivity contribution < 1.29 is 21.6 Å². The molecular formula is C21H23N3O5S3. The molecule has 8 nitrogen and oxygen atoms in total. The van der Waals surface area contributed by atoms with Gasteiger partial charge in [-0.1, -0.05) is 17.8 Å². The van der Waals surface area contributed by atoms with E-state index in [0.717, 1.165) is 25.5 Å². The first kappa shape index (κ1) is 22.8. The van der Waals surface area contributed by atoms with Gasteiger partial charge in [-0.05, 0) is 55.3 Å². The van der Waals surface area contributed by atoms with Crippen molar-refractivity contribution in [1.29, 1.82) is 0 Å². The van der Waals surface area contributed by atoms with Gasteiger partial charge >= 0.3 is 0 Å². The number of sulfone groups is 1. The van der Waals surface area contributed by atoms with Gasteiger partial charge in [0, 0.05) is 24.9 Å². The molecule has 0 radical (unpaired) electrons. The van der Waals surface area contributed by atoms with Crippen molar-refractivity contribution in [2.24, 2.45) is 0 Å². The number of nitrogens with one attached hydrogen (secondary N) is 1. The fourth-order valence-corrected chi connectivity index (χ4v) is 6.68. The number of nitrogens with zero attached hydrogens (tertiary/aromatic N) is 2. The second-order valence-corrected chi connectivity index (χ2v) is 12.7. The van der Waals surface area contributed by atoms with Crippen LogP contribution in [-0.4, -0.2) is 57.8 Å². The third-order valence-electron chi connectivity index (χ3n) is 5.32. The molecule has 0 saturated carbocycles. The SMILES string of the molecule is CS(=O)(=O)c1ccc2nc(NCC(=O)c3ccc(S(=O)(=O)N4CCCCC4)cc3)sc2c1. The molecule has 0 spiro atoms. The molecule has 1 aromatic heterocycles. The van der Waals surface area contributed by atoms with Crippen molar-refractivity contribution in [2.45, 2.75) is 29.1 Å². The van der Waals surface area contributed by atoms with Crippen LogP contribution in [0.5, 0.6) is 0 Å². The van der Waals surface area contributed by atoms with E-state index in [2.05, 4.69) is 10.3 Å². The summed E-state index contributed by atoms with van der Waals surface area (Å²) >= 11 is 1.26. The quantitative estimate of drug-likeness (QED) is 0.503. The van der Waals surface area contributed by atoms with E-state index in [1.807, 2.05) is 0 Å². The van der Waals surface area contributed by atoms with E-state index < -0.39 is 19.9 Å². The number of sulfonamides is 1. The average molecular weight is 494 g/mol. The third-order valence-corrected chi connectivity index (χ3v) is 9.32. The summed E-state index contributed by atoms with van der Waals surface area (Å²) in [6, 6.07) is 10.7. The maximum Gasteiger partial charge on any atom is 0.243 e. The Hall–Kier alpha value is -2.34. The second-order valence-electron chi connectivity index (χ2n) is 7.69. The lowest BCUT2D eigenvalue weighted by molar-refractivity contribution is 0.101. The molecule has 170 valence electrons. The number of hydrogen-bond acceptors (Lipinski definition) is 8. The number of Topliss-reactive ketones (excluding diaryl/α,β-unsaturated/α-hetero) is 1. The van der Waals surface area contributed by atoms with Gasteiger partial charge in [-0.15, -0.1) is 0 Å². The minimum absolute atomic E-state index is 0.0169. The summed E-state index contributed by atoms with van der Waals surface area (Å²) in [5.41, 5.74) is 1.04. The number of aromatic nitrogens is 1. The zero-order valence-electron chi connectivity index (χ0n) is 17.4. The largest absolute Gasteiger partial charge is 0.354 e. The number of carbonyl (C=O) groups excluding carboxylic acids is 1. The molecule has 2 aromatic carbocycles. The lowest BCUT2D eigenvalue weighted by Crippen LogP contribution is -2.35. The van der Waals surface area contributed by atoms with Gasteiger partial charge in [-0.2, -0.15) is 4.31 Å². The monoisotopic (exact) mass is 493 g/mol. The molecule has 0 atom stereocenters. The van der Waals surface area contributed by atoms with E-state index in [9.17, 15) is 21.6 Å². The number of anilines is 1. The van der Waals surface area contributed by atoms with Crippen molar-refractivity contribution in [2.75, 3.05) is 31.2 Å². The smallest absolute Gasteiger partial charge is 0.243 e. The van der Waals surface area contributed by atoms with Crippen molar-refractivity contribution in [3.63, 3.8) is 0 Å². The van der Waals surface area contributed by atoms with Gasteiger partial charge in [0.1, 0.15) is 0 Å². The molecule has 1 aliphatic rings. The molecule has 1 N–H and O–H groups in total.